The maximum Gasteiger partial charge on any atom is 0.0540 e. The van der Waals surface area contributed by atoms with E-state index in [1.165, 1.54) is 38.9 Å². The molecule has 0 radical (unpaired) electrons. The largest absolute Gasteiger partial charge is 0.393 e. The Kier molecular flexibility index (Phi) is 4.62. The molecule has 1 saturated heterocycles. The number of likely N-dealkylation sites (tertiary alicyclic amines) is 1. The van der Waals surface area contributed by atoms with Crippen LogP contribution in [0, 0.1) is 11.8 Å². The fourth-order valence-electron chi connectivity index (χ4n) is 3.03. The maximum atomic E-state index is 9.43. The lowest BCUT2D eigenvalue weighted by molar-refractivity contribution is 0.108. The molecule has 1 unspecified atom stereocenters. The van der Waals surface area contributed by atoms with Gasteiger partial charge in [0.2, 0.25) is 0 Å². The Morgan fingerprint density at radius 2 is 1.75 bits per heavy atom. The third-order valence-electron chi connectivity index (χ3n) is 4.17. The van der Waals surface area contributed by atoms with E-state index in [0.717, 1.165) is 31.2 Å². The van der Waals surface area contributed by atoms with E-state index in [2.05, 4.69) is 17.3 Å². The minimum absolute atomic E-state index is 0.0141. The van der Waals surface area contributed by atoms with Gasteiger partial charge in [0.05, 0.1) is 6.10 Å². The highest BCUT2D eigenvalue weighted by Crippen LogP contribution is 2.23. The van der Waals surface area contributed by atoms with Gasteiger partial charge in [-0.25, -0.2) is 0 Å². The number of hydrogen-bond donors (Lipinski definition) is 2. The summed E-state index contributed by atoms with van der Waals surface area (Å²) in [6.07, 6.45) is 5.78. The number of aliphatic hydroxyl groups excluding tert-OH is 1. The molecular formula is C13H26N2O. The fourth-order valence-corrected chi connectivity index (χ4v) is 3.03. The van der Waals surface area contributed by atoms with Gasteiger partial charge in [0.15, 0.2) is 0 Å². The quantitative estimate of drug-likeness (QED) is 0.753. The van der Waals surface area contributed by atoms with Crippen molar-refractivity contribution in [3.05, 3.63) is 0 Å². The number of rotatable bonds is 4. The predicted molar refractivity (Wildman–Crippen MR) is 66.4 cm³/mol. The molecule has 1 aliphatic carbocycles. The summed E-state index contributed by atoms with van der Waals surface area (Å²) < 4.78 is 0. The van der Waals surface area contributed by atoms with E-state index in [1.807, 2.05) is 0 Å². The lowest BCUT2D eigenvalue weighted by atomic mass is 9.87. The Morgan fingerprint density at radius 3 is 2.38 bits per heavy atom. The van der Waals surface area contributed by atoms with Gasteiger partial charge in [-0.05, 0) is 70.6 Å². The average molecular weight is 226 g/mol. The van der Waals surface area contributed by atoms with Crippen LogP contribution in [0.4, 0.5) is 0 Å². The molecule has 0 amide bonds. The SMILES string of the molecule is CN1CCC(CNCC2CCC(O)CC2)C1. The molecule has 0 aromatic rings. The molecule has 1 heterocycles. The number of nitrogens with zero attached hydrogens (tertiary/aromatic N) is 1. The van der Waals surface area contributed by atoms with E-state index in [9.17, 15) is 5.11 Å². The molecule has 2 N–H and O–H groups in total. The Bertz CT molecular complexity index is 202. The lowest BCUT2D eigenvalue weighted by Gasteiger charge is -2.26. The van der Waals surface area contributed by atoms with E-state index in [-0.39, 0.29) is 6.10 Å². The fraction of sp³-hybridized carbons (Fsp3) is 1.00. The summed E-state index contributed by atoms with van der Waals surface area (Å²) >= 11 is 0. The number of aliphatic hydroxyl groups is 1. The van der Waals surface area contributed by atoms with Crippen LogP contribution in [0.15, 0.2) is 0 Å². The second-order valence-corrected chi connectivity index (χ2v) is 5.75. The molecule has 2 fully saturated rings. The standard InChI is InChI=1S/C13H26N2O/c1-15-7-6-12(10-15)9-14-8-11-2-4-13(16)5-3-11/h11-14,16H,2-10H2,1H3. The number of nitrogens with one attached hydrogen (secondary N) is 1. The monoisotopic (exact) mass is 226 g/mol. The Hall–Kier alpha value is -0.120. The van der Waals surface area contributed by atoms with Gasteiger partial charge in [-0.2, -0.15) is 0 Å². The highest BCUT2D eigenvalue weighted by molar-refractivity contribution is 4.77. The first kappa shape index (κ1) is 12.3. The van der Waals surface area contributed by atoms with Crippen molar-refractivity contribution in [3.63, 3.8) is 0 Å². The zero-order valence-corrected chi connectivity index (χ0v) is 10.5. The summed E-state index contributed by atoms with van der Waals surface area (Å²) in [5.74, 6) is 1.67. The summed E-state index contributed by atoms with van der Waals surface area (Å²) in [5, 5.41) is 13.1. The summed E-state index contributed by atoms with van der Waals surface area (Å²) in [7, 11) is 2.21. The van der Waals surface area contributed by atoms with Crippen LogP contribution in [0.1, 0.15) is 32.1 Å². The lowest BCUT2D eigenvalue weighted by Crippen LogP contribution is -2.31. The highest BCUT2D eigenvalue weighted by Gasteiger charge is 2.21. The van der Waals surface area contributed by atoms with Crippen LogP contribution in [0.25, 0.3) is 0 Å². The Balaban J connectivity index is 1.54. The smallest absolute Gasteiger partial charge is 0.0540 e. The Labute approximate surface area is 99.2 Å². The van der Waals surface area contributed by atoms with Crippen molar-refractivity contribution in [1.82, 2.24) is 10.2 Å². The minimum atomic E-state index is -0.0141. The van der Waals surface area contributed by atoms with Crippen LogP contribution in [0.3, 0.4) is 0 Å². The van der Waals surface area contributed by atoms with Gasteiger partial charge in [-0.1, -0.05) is 0 Å². The third kappa shape index (κ3) is 3.72. The van der Waals surface area contributed by atoms with Crippen molar-refractivity contribution >= 4 is 0 Å². The molecule has 2 rings (SSSR count). The molecule has 0 aromatic heterocycles. The van der Waals surface area contributed by atoms with E-state index in [0.29, 0.717) is 0 Å². The summed E-state index contributed by atoms with van der Waals surface area (Å²) in [6.45, 7) is 4.87. The summed E-state index contributed by atoms with van der Waals surface area (Å²) in [6, 6.07) is 0. The number of hydrogen-bond acceptors (Lipinski definition) is 3. The van der Waals surface area contributed by atoms with Gasteiger partial charge in [-0.15, -0.1) is 0 Å². The second-order valence-electron chi connectivity index (χ2n) is 5.75. The van der Waals surface area contributed by atoms with Crippen molar-refractivity contribution < 1.29 is 5.11 Å². The van der Waals surface area contributed by atoms with Crippen LogP contribution >= 0.6 is 0 Å². The zero-order chi connectivity index (χ0) is 11.4. The zero-order valence-electron chi connectivity index (χ0n) is 10.5. The minimum Gasteiger partial charge on any atom is -0.393 e. The van der Waals surface area contributed by atoms with Crippen LogP contribution < -0.4 is 5.32 Å². The normalized spacial score (nSPS) is 36.8. The van der Waals surface area contributed by atoms with Gasteiger partial charge in [0, 0.05) is 6.54 Å². The van der Waals surface area contributed by atoms with Crippen LogP contribution in [0.5, 0.6) is 0 Å². The topological polar surface area (TPSA) is 35.5 Å². The van der Waals surface area contributed by atoms with E-state index in [1.54, 1.807) is 0 Å². The second kappa shape index (κ2) is 5.99. The molecule has 94 valence electrons. The van der Waals surface area contributed by atoms with E-state index >= 15 is 0 Å². The maximum absolute atomic E-state index is 9.43. The first-order valence-electron chi connectivity index (χ1n) is 6.81. The molecule has 1 saturated carbocycles. The van der Waals surface area contributed by atoms with Gasteiger partial charge < -0.3 is 15.3 Å². The van der Waals surface area contributed by atoms with Crippen LogP contribution in [-0.2, 0) is 0 Å². The van der Waals surface area contributed by atoms with E-state index < -0.39 is 0 Å². The van der Waals surface area contributed by atoms with Crippen molar-refractivity contribution in [1.29, 1.82) is 0 Å². The molecule has 1 atom stereocenters. The molecule has 16 heavy (non-hydrogen) atoms. The van der Waals surface area contributed by atoms with Gasteiger partial charge in [-0.3, -0.25) is 0 Å². The van der Waals surface area contributed by atoms with Crippen molar-refractivity contribution in [3.8, 4) is 0 Å². The van der Waals surface area contributed by atoms with Crippen LogP contribution in [-0.4, -0.2) is 49.3 Å². The van der Waals surface area contributed by atoms with E-state index in [4.69, 9.17) is 0 Å². The van der Waals surface area contributed by atoms with Gasteiger partial charge in [0.1, 0.15) is 0 Å². The van der Waals surface area contributed by atoms with Crippen molar-refractivity contribution in [2.24, 2.45) is 11.8 Å². The van der Waals surface area contributed by atoms with Gasteiger partial charge in [0.25, 0.3) is 0 Å². The summed E-state index contributed by atoms with van der Waals surface area (Å²) in [5.41, 5.74) is 0. The molecule has 2 aliphatic rings. The average Bonchev–Trinajstić information content (AvgIpc) is 2.67. The predicted octanol–water partition coefficient (Wildman–Crippen LogP) is 1.08. The van der Waals surface area contributed by atoms with Crippen molar-refractivity contribution in [2.45, 2.75) is 38.2 Å². The third-order valence-corrected chi connectivity index (χ3v) is 4.17. The molecule has 0 aromatic carbocycles. The molecule has 3 heteroatoms. The van der Waals surface area contributed by atoms with Crippen molar-refractivity contribution in [2.75, 3.05) is 33.2 Å². The molecular weight excluding hydrogens is 200 g/mol. The molecule has 0 bridgehead atoms. The van der Waals surface area contributed by atoms with Crippen LogP contribution in [0.2, 0.25) is 0 Å². The molecule has 3 nitrogen and oxygen atoms in total. The first-order valence-corrected chi connectivity index (χ1v) is 6.81. The highest BCUT2D eigenvalue weighted by atomic mass is 16.3. The molecule has 0 spiro atoms. The summed E-state index contributed by atoms with van der Waals surface area (Å²) in [4.78, 5) is 2.42. The Morgan fingerprint density at radius 1 is 1.06 bits per heavy atom. The molecule has 1 aliphatic heterocycles. The first-order chi connectivity index (χ1) is 7.74. The van der Waals surface area contributed by atoms with Gasteiger partial charge >= 0.3 is 0 Å².